The summed E-state index contributed by atoms with van der Waals surface area (Å²) in [5.74, 6) is -0.331. The molecule has 0 atom stereocenters. The first-order valence-electron chi connectivity index (χ1n) is 8.44. The Morgan fingerprint density at radius 2 is 1.75 bits per heavy atom. The van der Waals surface area contributed by atoms with Crippen molar-refractivity contribution >= 4 is 17.7 Å². The second-order valence-corrected chi connectivity index (χ2v) is 6.61. The molecule has 1 aromatic carbocycles. The fraction of sp³-hybridized carbons (Fsp3) is 0.500. The Kier molecular flexibility index (Phi) is 4.55. The summed E-state index contributed by atoms with van der Waals surface area (Å²) in [5.41, 5.74) is 5.92. The van der Waals surface area contributed by atoms with E-state index >= 15 is 0 Å². The first-order chi connectivity index (χ1) is 11.5. The molecule has 0 spiro atoms. The second kappa shape index (κ2) is 6.63. The number of benzene rings is 1. The average Bonchev–Trinajstić information content (AvgIpc) is 3.00. The molecule has 0 radical (unpaired) electrons. The van der Waals surface area contributed by atoms with Crippen LogP contribution in [0.2, 0.25) is 0 Å². The van der Waals surface area contributed by atoms with Crippen molar-refractivity contribution in [2.75, 3.05) is 26.2 Å². The van der Waals surface area contributed by atoms with Crippen molar-refractivity contribution in [1.29, 1.82) is 0 Å². The lowest BCUT2D eigenvalue weighted by Gasteiger charge is -2.40. The third-order valence-corrected chi connectivity index (χ3v) is 5.27. The van der Waals surface area contributed by atoms with Gasteiger partial charge in [0.2, 0.25) is 17.7 Å². The molecule has 3 rings (SSSR count). The maximum atomic E-state index is 12.4. The zero-order valence-corrected chi connectivity index (χ0v) is 13.7. The van der Waals surface area contributed by atoms with Crippen molar-refractivity contribution in [2.45, 2.75) is 31.1 Å². The summed E-state index contributed by atoms with van der Waals surface area (Å²) in [6.45, 7) is 1.78. The van der Waals surface area contributed by atoms with Gasteiger partial charge >= 0.3 is 0 Å². The van der Waals surface area contributed by atoms with Gasteiger partial charge in [0.05, 0.1) is 12.0 Å². The summed E-state index contributed by atoms with van der Waals surface area (Å²) in [7, 11) is 0. The van der Waals surface area contributed by atoms with Gasteiger partial charge in [-0.15, -0.1) is 0 Å². The van der Waals surface area contributed by atoms with Gasteiger partial charge in [0.15, 0.2) is 0 Å². The van der Waals surface area contributed by atoms with Gasteiger partial charge in [0, 0.05) is 26.1 Å². The number of hydrogen-bond acceptors (Lipinski definition) is 3. The van der Waals surface area contributed by atoms with Crippen LogP contribution in [-0.2, 0) is 19.8 Å². The highest BCUT2D eigenvalue weighted by molar-refractivity contribution is 5.88. The Balaban J connectivity index is 1.66. The largest absolute Gasteiger partial charge is 0.369 e. The highest BCUT2D eigenvalue weighted by atomic mass is 16.2. The molecule has 2 fully saturated rings. The Hall–Kier alpha value is -2.37. The van der Waals surface area contributed by atoms with Gasteiger partial charge < -0.3 is 15.5 Å². The molecule has 2 aliphatic heterocycles. The van der Waals surface area contributed by atoms with Crippen LogP contribution < -0.4 is 5.73 Å². The molecule has 0 bridgehead atoms. The van der Waals surface area contributed by atoms with E-state index in [-0.39, 0.29) is 24.3 Å². The minimum Gasteiger partial charge on any atom is -0.369 e. The number of amides is 3. The summed E-state index contributed by atoms with van der Waals surface area (Å²) in [4.78, 5) is 39.6. The molecule has 0 aromatic heterocycles. The van der Waals surface area contributed by atoms with E-state index in [1.165, 1.54) is 0 Å². The van der Waals surface area contributed by atoms with Gasteiger partial charge in [-0.1, -0.05) is 30.3 Å². The molecule has 6 heteroatoms. The van der Waals surface area contributed by atoms with Crippen LogP contribution in [0, 0.1) is 0 Å². The van der Waals surface area contributed by atoms with Crippen molar-refractivity contribution in [3.8, 4) is 0 Å². The summed E-state index contributed by atoms with van der Waals surface area (Å²) in [6, 6.07) is 9.55. The van der Waals surface area contributed by atoms with Crippen LogP contribution in [0.5, 0.6) is 0 Å². The maximum Gasteiger partial charge on any atom is 0.242 e. The van der Waals surface area contributed by atoms with Gasteiger partial charge in [0.25, 0.3) is 0 Å². The van der Waals surface area contributed by atoms with E-state index < -0.39 is 5.41 Å². The fourth-order valence-corrected chi connectivity index (χ4v) is 3.71. The van der Waals surface area contributed by atoms with Crippen LogP contribution in [0.3, 0.4) is 0 Å². The van der Waals surface area contributed by atoms with Crippen LogP contribution in [0.25, 0.3) is 0 Å². The Bertz CT molecular complexity index is 636. The lowest BCUT2D eigenvalue weighted by Crippen LogP contribution is -2.53. The fourth-order valence-electron chi connectivity index (χ4n) is 3.71. The summed E-state index contributed by atoms with van der Waals surface area (Å²) >= 11 is 0. The van der Waals surface area contributed by atoms with Crippen LogP contribution in [-0.4, -0.2) is 53.7 Å². The Morgan fingerprint density at radius 1 is 1.08 bits per heavy atom. The molecule has 2 aliphatic rings. The first kappa shape index (κ1) is 16.5. The molecule has 0 saturated carbocycles. The molecule has 2 heterocycles. The van der Waals surface area contributed by atoms with Gasteiger partial charge in [-0.3, -0.25) is 14.4 Å². The van der Waals surface area contributed by atoms with E-state index in [9.17, 15) is 14.4 Å². The average molecular weight is 329 g/mol. The normalized spacial score (nSPS) is 20.2. The van der Waals surface area contributed by atoms with Crippen molar-refractivity contribution in [3.63, 3.8) is 0 Å². The van der Waals surface area contributed by atoms with Crippen molar-refractivity contribution in [1.82, 2.24) is 9.80 Å². The number of carbonyl (C=O) groups is 3. The lowest BCUT2D eigenvalue weighted by atomic mass is 9.72. The second-order valence-electron chi connectivity index (χ2n) is 6.61. The third-order valence-electron chi connectivity index (χ3n) is 5.27. The van der Waals surface area contributed by atoms with Gasteiger partial charge in [-0.2, -0.15) is 0 Å². The number of primary amides is 1. The van der Waals surface area contributed by atoms with Gasteiger partial charge in [-0.05, 0) is 24.8 Å². The Morgan fingerprint density at radius 3 is 2.29 bits per heavy atom. The van der Waals surface area contributed by atoms with Crippen LogP contribution in [0.15, 0.2) is 30.3 Å². The standard InChI is InChI=1S/C18H23N3O3/c19-17(24)18(14-5-2-1-3-6-14)8-11-20(12-9-18)16(23)13-21-10-4-7-15(21)22/h1-3,5-6H,4,7-13H2,(H2,19,24). The van der Waals surface area contributed by atoms with E-state index in [1.54, 1.807) is 9.80 Å². The minimum atomic E-state index is -0.707. The zero-order chi connectivity index (χ0) is 17.2. The van der Waals surface area contributed by atoms with E-state index in [2.05, 4.69) is 0 Å². The number of rotatable bonds is 4. The van der Waals surface area contributed by atoms with E-state index in [1.807, 2.05) is 30.3 Å². The molecule has 3 amide bonds. The smallest absolute Gasteiger partial charge is 0.242 e. The lowest BCUT2D eigenvalue weighted by molar-refractivity contribution is -0.140. The number of hydrogen-bond donors (Lipinski definition) is 1. The number of nitrogens with two attached hydrogens (primary N) is 1. The van der Waals surface area contributed by atoms with Crippen LogP contribution in [0.4, 0.5) is 0 Å². The number of piperidine rings is 1. The Labute approximate surface area is 141 Å². The van der Waals surface area contributed by atoms with Gasteiger partial charge in [0.1, 0.15) is 0 Å². The molecule has 1 aromatic rings. The van der Waals surface area contributed by atoms with Crippen LogP contribution in [0.1, 0.15) is 31.2 Å². The highest BCUT2D eigenvalue weighted by Crippen LogP contribution is 2.35. The molecule has 24 heavy (non-hydrogen) atoms. The molecular formula is C18H23N3O3. The molecule has 2 N–H and O–H groups in total. The number of likely N-dealkylation sites (tertiary alicyclic amines) is 2. The molecule has 6 nitrogen and oxygen atoms in total. The van der Waals surface area contributed by atoms with Crippen molar-refractivity contribution < 1.29 is 14.4 Å². The zero-order valence-electron chi connectivity index (χ0n) is 13.7. The summed E-state index contributed by atoms with van der Waals surface area (Å²) < 4.78 is 0. The minimum absolute atomic E-state index is 0.0450. The van der Waals surface area contributed by atoms with E-state index in [0.29, 0.717) is 38.9 Å². The SMILES string of the molecule is NC(=O)C1(c2ccccc2)CCN(C(=O)CN2CCCC2=O)CC1. The first-order valence-corrected chi connectivity index (χ1v) is 8.44. The molecule has 2 saturated heterocycles. The van der Waals surface area contributed by atoms with Crippen LogP contribution >= 0.6 is 0 Å². The van der Waals surface area contributed by atoms with Gasteiger partial charge in [-0.25, -0.2) is 0 Å². The topological polar surface area (TPSA) is 83.7 Å². The highest BCUT2D eigenvalue weighted by Gasteiger charge is 2.42. The molecular weight excluding hydrogens is 306 g/mol. The number of carbonyl (C=O) groups excluding carboxylic acids is 3. The molecule has 0 aliphatic carbocycles. The number of nitrogens with zero attached hydrogens (tertiary/aromatic N) is 2. The maximum absolute atomic E-state index is 12.4. The third kappa shape index (κ3) is 3.00. The predicted octanol–water partition coefficient (Wildman–Crippen LogP) is 0.654. The predicted molar refractivity (Wildman–Crippen MR) is 88.9 cm³/mol. The van der Waals surface area contributed by atoms with Crippen molar-refractivity contribution in [2.24, 2.45) is 5.73 Å². The summed E-state index contributed by atoms with van der Waals surface area (Å²) in [6.07, 6.45) is 2.40. The van der Waals surface area contributed by atoms with Crippen molar-refractivity contribution in [3.05, 3.63) is 35.9 Å². The monoisotopic (exact) mass is 329 g/mol. The quantitative estimate of drug-likeness (QED) is 0.880. The van der Waals surface area contributed by atoms with E-state index in [4.69, 9.17) is 5.73 Å². The molecule has 128 valence electrons. The summed E-state index contributed by atoms with van der Waals surface area (Å²) in [5, 5.41) is 0. The molecule has 0 unspecified atom stereocenters. The van der Waals surface area contributed by atoms with E-state index in [0.717, 1.165) is 12.0 Å².